The van der Waals surface area contributed by atoms with Gasteiger partial charge in [-0.1, -0.05) is 18.2 Å². The van der Waals surface area contributed by atoms with Crippen LogP contribution in [0.25, 0.3) is 0 Å². The fourth-order valence-electron chi connectivity index (χ4n) is 5.72. The van der Waals surface area contributed by atoms with E-state index in [0.717, 1.165) is 23.6 Å². The number of para-hydroxylation sites is 1. The molecule has 2 N–H and O–H groups in total. The number of carbonyl (C=O) groups excluding carboxylic acids is 4. The molecule has 9 nitrogen and oxygen atoms in total. The zero-order valence-corrected chi connectivity index (χ0v) is 19.2. The Hall–Kier alpha value is -3.72. The van der Waals surface area contributed by atoms with Gasteiger partial charge in [-0.3, -0.25) is 29.4 Å². The number of ether oxygens (including phenoxy) is 1. The molecule has 9 heteroatoms. The van der Waals surface area contributed by atoms with Gasteiger partial charge in [0.1, 0.15) is 6.04 Å². The topological polar surface area (TPSA) is 108 Å². The summed E-state index contributed by atoms with van der Waals surface area (Å²) >= 11 is 0. The number of nitrogens with zero attached hydrogens (tertiary/aromatic N) is 2. The summed E-state index contributed by atoms with van der Waals surface area (Å²) in [4.78, 5) is 53.4. The van der Waals surface area contributed by atoms with Crippen molar-refractivity contribution in [2.45, 2.75) is 37.3 Å². The number of imide groups is 2. The van der Waals surface area contributed by atoms with E-state index in [0.29, 0.717) is 36.8 Å². The van der Waals surface area contributed by atoms with Gasteiger partial charge in [0.25, 0.3) is 11.8 Å². The third-order valence-corrected chi connectivity index (χ3v) is 7.48. The maximum Gasteiger partial charge on any atom is 0.262 e. The molecule has 0 aliphatic carbocycles. The van der Waals surface area contributed by atoms with E-state index in [1.54, 1.807) is 12.1 Å². The van der Waals surface area contributed by atoms with Crippen molar-refractivity contribution in [3.05, 3.63) is 59.2 Å². The van der Waals surface area contributed by atoms with Crippen molar-refractivity contribution in [1.82, 2.24) is 10.2 Å². The molecule has 0 radical (unpaired) electrons. The van der Waals surface area contributed by atoms with Crippen molar-refractivity contribution < 1.29 is 23.9 Å². The zero-order chi connectivity index (χ0) is 24.1. The summed E-state index contributed by atoms with van der Waals surface area (Å²) in [5.41, 5.74) is 3.95. The number of amides is 4. The van der Waals surface area contributed by atoms with Crippen LogP contribution in [0.4, 0.5) is 11.4 Å². The number of morpholine rings is 1. The number of benzene rings is 2. The van der Waals surface area contributed by atoms with Crippen LogP contribution >= 0.6 is 0 Å². The Morgan fingerprint density at radius 2 is 1.83 bits per heavy atom. The van der Waals surface area contributed by atoms with Gasteiger partial charge in [-0.25, -0.2) is 0 Å². The van der Waals surface area contributed by atoms with E-state index < -0.39 is 23.8 Å². The van der Waals surface area contributed by atoms with E-state index in [4.69, 9.17) is 4.74 Å². The molecule has 4 aliphatic rings. The quantitative estimate of drug-likeness (QED) is 0.652. The van der Waals surface area contributed by atoms with Crippen molar-refractivity contribution in [3.8, 4) is 0 Å². The SMILES string of the molecule is O=C1CCC(N2C(=O)c3ccc(N4CCOCC4CC4CNc5ccccc54)cc3C2=O)C(=O)N1. The third-order valence-electron chi connectivity index (χ3n) is 7.48. The Balaban J connectivity index is 1.25. The first-order valence-corrected chi connectivity index (χ1v) is 12.0. The van der Waals surface area contributed by atoms with Gasteiger partial charge in [0.05, 0.1) is 30.4 Å². The van der Waals surface area contributed by atoms with Gasteiger partial charge < -0.3 is 15.0 Å². The number of anilines is 2. The van der Waals surface area contributed by atoms with Gasteiger partial charge in [0, 0.05) is 36.8 Å². The minimum Gasteiger partial charge on any atom is -0.384 e. The maximum atomic E-state index is 13.3. The van der Waals surface area contributed by atoms with Crippen molar-refractivity contribution in [2.24, 2.45) is 0 Å². The number of carbonyl (C=O) groups is 4. The lowest BCUT2D eigenvalue weighted by atomic mass is 9.92. The molecule has 2 saturated heterocycles. The molecule has 35 heavy (non-hydrogen) atoms. The number of nitrogens with one attached hydrogen (secondary N) is 2. The highest BCUT2D eigenvalue weighted by atomic mass is 16.5. The second-order valence-electron chi connectivity index (χ2n) is 9.50. The van der Waals surface area contributed by atoms with Crippen molar-refractivity contribution in [1.29, 1.82) is 0 Å². The van der Waals surface area contributed by atoms with E-state index in [1.165, 1.54) is 11.3 Å². The number of fused-ring (bicyclic) bond motifs is 2. The van der Waals surface area contributed by atoms with Crippen LogP contribution in [0, 0.1) is 0 Å². The number of hydrogen-bond donors (Lipinski definition) is 2. The predicted molar refractivity (Wildman–Crippen MR) is 127 cm³/mol. The molecule has 3 unspecified atom stereocenters. The molecule has 2 aromatic rings. The summed E-state index contributed by atoms with van der Waals surface area (Å²) in [5, 5.41) is 5.71. The molecule has 4 aliphatic heterocycles. The zero-order valence-electron chi connectivity index (χ0n) is 19.2. The summed E-state index contributed by atoms with van der Waals surface area (Å²) in [6, 6.07) is 12.8. The van der Waals surface area contributed by atoms with E-state index in [-0.39, 0.29) is 24.8 Å². The van der Waals surface area contributed by atoms with Gasteiger partial charge >= 0.3 is 0 Å². The van der Waals surface area contributed by atoms with Gasteiger partial charge in [-0.2, -0.15) is 0 Å². The van der Waals surface area contributed by atoms with Crippen LogP contribution in [0.2, 0.25) is 0 Å². The Morgan fingerprint density at radius 3 is 2.69 bits per heavy atom. The van der Waals surface area contributed by atoms with Crippen molar-refractivity contribution in [3.63, 3.8) is 0 Å². The smallest absolute Gasteiger partial charge is 0.262 e. The summed E-state index contributed by atoms with van der Waals surface area (Å²) in [5.74, 6) is -1.60. The molecule has 0 aromatic heterocycles. The monoisotopic (exact) mass is 474 g/mol. The minimum atomic E-state index is -0.963. The standard InChI is InChI=1S/C26H26N4O5/c31-23-8-7-22(24(32)28-23)30-25(33)19-6-5-16(12-20(19)26(30)34)29-9-10-35-14-17(29)11-15-13-27-21-4-2-1-3-18(15)21/h1-6,12,15,17,22,27H,7-11,13-14H2,(H,28,31,32). The van der Waals surface area contributed by atoms with E-state index in [2.05, 4.69) is 33.7 Å². The van der Waals surface area contributed by atoms with Crippen LogP contribution < -0.4 is 15.5 Å². The molecule has 0 saturated carbocycles. The first-order valence-electron chi connectivity index (χ1n) is 12.0. The molecular weight excluding hydrogens is 448 g/mol. The lowest BCUT2D eigenvalue weighted by Gasteiger charge is -2.38. The van der Waals surface area contributed by atoms with Crippen LogP contribution in [0.3, 0.4) is 0 Å². The fraction of sp³-hybridized carbons (Fsp3) is 0.385. The average molecular weight is 475 g/mol. The highest BCUT2D eigenvalue weighted by molar-refractivity contribution is 6.23. The molecule has 0 bridgehead atoms. The van der Waals surface area contributed by atoms with Crippen LogP contribution in [0.5, 0.6) is 0 Å². The van der Waals surface area contributed by atoms with E-state index in [9.17, 15) is 19.2 Å². The average Bonchev–Trinajstić information content (AvgIpc) is 3.38. The molecule has 3 atom stereocenters. The number of piperidine rings is 1. The molecule has 6 rings (SSSR count). The second kappa shape index (κ2) is 8.49. The molecule has 4 amide bonds. The van der Waals surface area contributed by atoms with Gasteiger partial charge in [0.15, 0.2) is 0 Å². The first kappa shape index (κ1) is 21.8. The Kier molecular flexibility index (Phi) is 5.29. The third kappa shape index (κ3) is 3.67. The molecule has 2 fully saturated rings. The largest absolute Gasteiger partial charge is 0.384 e. The highest BCUT2D eigenvalue weighted by Gasteiger charge is 2.45. The van der Waals surface area contributed by atoms with E-state index in [1.807, 2.05) is 12.1 Å². The maximum absolute atomic E-state index is 13.3. The summed E-state index contributed by atoms with van der Waals surface area (Å²) in [7, 11) is 0. The summed E-state index contributed by atoms with van der Waals surface area (Å²) < 4.78 is 5.82. The van der Waals surface area contributed by atoms with E-state index >= 15 is 0 Å². The predicted octanol–water partition coefficient (Wildman–Crippen LogP) is 1.89. The molecule has 0 spiro atoms. The number of rotatable bonds is 4. The normalized spacial score (nSPS) is 25.9. The summed E-state index contributed by atoms with van der Waals surface area (Å²) in [6.07, 6.45) is 1.14. The van der Waals surface area contributed by atoms with Crippen LogP contribution in [-0.4, -0.2) is 66.9 Å². The van der Waals surface area contributed by atoms with Crippen molar-refractivity contribution >= 4 is 35.0 Å². The van der Waals surface area contributed by atoms with Gasteiger partial charge in [-0.15, -0.1) is 0 Å². The molecule has 2 aromatic carbocycles. The van der Waals surface area contributed by atoms with Crippen LogP contribution in [0.15, 0.2) is 42.5 Å². The minimum absolute atomic E-state index is 0.101. The molecular formula is C26H26N4O5. The highest BCUT2D eigenvalue weighted by Crippen LogP contribution is 2.37. The van der Waals surface area contributed by atoms with Crippen LogP contribution in [-0.2, 0) is 14.3 Å². The fourth-order valence-corrected chi connectivity index (χ4v) is 5.72. The Bertz CT molecular complexity index is 1240. The molecule has 180 valence electrons. The van der Waals surface area contributed by atoms with Crippen LogP contribution in [0.1, 0.15) is 51.5 Å². The Morgan fingerprint density at radius 1 is 1.00 bits per heavy atom. The van der Waals surface area contributed by atoms with Crippen molar-refractivity contribution in [2.75, 3.05) is 36.5 Å². The van der Waals surface area contributed by atoms with Gasteiger partial charge in [0.2, 0.25) is 11.8 Å². The second-order valence-corrected chi connectivity index (χ2v) is 9.50. The Labute approximate surface area is 202 Å². The lowest BCUT2D eigenvalue weighted by molar-refractivity contribution is -0.136. The summed E-state index contributed by atoms with van der Waals surface area (Å²) in [6.45, 7) is 2.74. The number of hydrogen-bond acceptors (Lipinski definition) is 7. The van der Waals surface area contributed by atoms with Gasteiger partial charge in [-0.05, 0) is 42.7 Å². The molecule has 4 heterocycles. The lowest BCUT2D eigenvalue weighted by Crippen LogP contribution is -2.54. The first-order chi connectivity index (χ1) is 17.0.